The van der Waals surface area contributed by atoms with E-state index in [-0.39, 0.29) is 12.1 Å². The van der Waals surface area contributed by atoms with Crippen LogP contribution in [0, 0.1) is 0 Å². The molecule has 1 saturated carbocycles. The fraction of sp³-hybridized carbons (Fsp3) is 0.600. The average molecular weight is 364 g/mol. The molecule has 1 aromatic rings. The number of anilines is 1. The van der Waals surface area contributed by atoms with E-state index in [2.05, 4.69) is 15.9 Å². The summed E-state index contributed by atoms with van der Waals surface area (Å²) in [6.45, 7) is 1.02. The molecule has 1 aliphatic heterocycles. The number of fused-ring (bicyclic) bond motifs is 1. The maximum absolute atomic E-state index is 13.4. The molecule has 1 aromatic carbocycles. The predicted octanol–water partition coefficient (Wildman–Crippen LogP) is 4.36. The van der Waals surface area contributed by atoms with Crippen molar-refractivity contribution in [3.63, 3.8) is 0 Å². The van der Waals surface area contributed by atoms with Crippen molar-refractivity contribution < 1.29 is 17.9 Å². The molecular formula is C15H17BrF3NO. The fourth-order valence-electron chi connectivity index (χ4n) is 3.37. The van der Waals surface area contributed by atoms with Crippen LogP contribution in [-0.2, 0) is 16.2 Å². The molecule has 1 aliphatic carbocycles. The van der Waals surface area contributed by atoms with E-state index >= 15 is 0 Å². The molecule has 0 radical (unpaired) electrons. The highest BCUT2D eigenvalue weighted by molar-refractivity contribution is 9.08. The fourth-order valence-corrected chi connectivity index (χ4v) is 3.72. The lowest BCUT2D eigenvalue weighted by atomic mass is 10.0. The number of morpholine rings is 1. The average Bonchev–Trinajstić information content (AvgIpc) is 2.94. The van der Waals surface area contributed by atoms with Gasteiger partial charge in [0.2, 0.25) is 0 Å². The lowest BCUT2D eigenvalue weighted by molar-refractivity contribution is -0.137. The lowest BCUT2D eigenvalue weighted by Crippen LogP contribution is -2.49. The van der Waals surface area contributed by atoms with Crippen LogP contribution in [0.4, 0.5) is 18.9 Å². The zero-order valence-electron chi connectivity index (χ0n) is 11.5. The number of nitrogens with zero attached hydrogens (tertiary/aromatic N) is 1. The molecule has 0 N–H and O–H groups in total. The summed E-state index contributed by atoms with van der Waals surface area (Å²) in [6.07, 6.45) is -1.38. The Bertz CT molecular complexity index is 520. The standard InChI is InChI=1S/C15H17BrF3NO/c16-9-10-4-5-12(11(8-10)15(17,18)19)20-6-7-21-14-3-1-2-13(14)20/h4-5,8,13-14H,1-3,6-7,9H2. The van der Waals surface area contributed by atoms with Crippen molar-refractivity contribution in [3.8, 4) is 0 Å². The van der Waals surface area contributed by atoms with Crippen molar-refractivity contribution in [1.82, 2.24) is 0 Å². The quantitative estimate of drug-likeness (QED) is 0.724. The number of hydrogen-bond acceptors (Lipinski definition) is 2. The Kier molecular flexibility index (Phi) is 4.19. The first-order valence-electron chi connectivity index (χ1n) is 7.15. The Hall–Kier alpha value is -0.750. The second-order valence-corrected chi connectivity index (χ2v) is 6.14. The van der Waals surface area contributed by atoms with Gasteiger partial charge >= 0.3 is 6.18 Å². The normalized spacial score (nSPS) is 26.0. The van der Waals surface area contributed by atoms with E-state index < -0.39 is 11.7 Å². The van der Waals surface area contributed by atoms with Gasteiger partial charge in [-0.2, -0.15) is 13.2 Å². The molecule has 3 rings (SSSR count). The van der Waals surface area contributed by atoms with Crippen LogP contribution in [0.3, 0.4) is 0 Å². The topological polar surface area (TPSA) is 12.5 Å². The number of hydrogen-bond donors (Lipinski definition) is 0. The van der Waals surface area contributed by atoms with E-state index in [9.17, 15) is 13.2 Å². The molecule has 1 heterocycles. The van der Waals surface area contributed by atoms with Crippen LogP contribution in [0.25, 0.3) is 0 Å². The van der Waals surface area contributed by atoms with E-state index in [0.717, 1.165) is 19.3 Å². The van der Waals surface area contributed by atoms with Crippen LogP contribution >= 0.6 is 15.9 Å². The van der Waals surface area contributed by atoms with Crippen LogP contribution in [0.2, 0.25) is 0 Å². The molecule has 0 amide bonds. The molecule has 0 spiro atoms. The SMILES string of the molecule is FC(F)(F)c1cc(CBr)ccc1N1CCOC2CCCC21. The molecule has 2 unspecified atom stereocenters. The van der Waals surface area contributed by atoms with Gasteiger partial charge in [-0.25, -0.2) is 0 Å². The number of benzene rings is 1. The van der Waals surface area contributed by atoms with Gasteiger partial charge in [0.25, 0.3) is 0 Å². The van der Waals surface area contributed by atoms with Crippen molar-refractivity contribution in [2.45, 2.75) is 42.9 Å². The number of alkyl halides is 4. The van der Waals surface area contributed by atoms with Crippen molar-refractivity contribution in [3.05, 3.63) is 29.3 Å². The Morgan fingerprint density at radius 3 is 2.81 bits per heavy atom. The molecule has 2 atom stereocenters. The van der Waals surface area contributed by atoms with Crippen LogP contribution < -0.4 is 4.90 Å². The Balaban J connectivity index is 2.00. The first-order valence-corrected chi connectivity index (χ1v) is 8.27. The summed E-state index contributed by atoms with van der Waals surface area (Å²) >= 11 is 3.22. The molecular weight excluding hydrogens is 347 g/mol. The zero-order valence-corrected chi connectivity index (χ0v) is 13.1. The van der Waals surface area contributed by atoms with E-state index in [1.165, 1.54) is 6.07 Å². The summed E-state index contributed by atoms with van der Waals surface area (Å²) in [6, 6.07) is 4.71. The smallest absolute Gasteiger partial charge is 0.374 e. The molecule has 2 aliphatic rings. The third kappa shape index (κ3) is 2.93. The molecule has 116 valence electrons. The highest BCUT2D eigenvalue weighted by Crippen LogP contribution is 2.41. The Labute approximate surface area is 130 Å². The third-order valence-corrected chi connectivity index (χ3v) is 4.96. The maximum atomic E-state index is 13.4. The molecule has 6 heteroatoms. The number of rotatable bonds is 2. The maximum Gasteiger partial charge on any atom is 0.418 e. The lowest BCUT2D eigenvalue weighted by Gasteiger charge is -2.40. The number of halogens is 4. The van der Waals surface area contributed by atoms with Gasteiger partial charge in [0.05, 0.1) is 24.3 Å². The van der Waals surface area contributed by atoms with Gasteiger partial charge in [0, 0.05) is 17.6 Å². The van der Waals surface area contributed by atoms with Gasteiger partial charge in [0.15, 0.2) is 0 Å². The van der Waals surface area contributed by atoms with E-state index in [4.69, 9.17) is 4.74 Å². The largest absolute Gasteiger partial charge is 0.418 e. The van der Waals surface area contributed by atoms with Gasteiger partial charge in [-0.1, -0.05) is 22.0 Å². The van der Waals surface area contributed by atoms with Gasteiger partial charge in [-0.05, 0) is 37.0 Å². The molecule has 1 saturated heterocycles. The molecule has 2 fully saturated rings. The molecule has 2 nitrogen and oxygen atoms in total. The van der Waals surface area contributed by atoms with Crippen molar-refractivity contribution in [2.75, 3.05) is 18.1 Å². The molecule has 0 bridgehead atoms. The summed E-state index contributed by atoms with van der Waals surface area (Å²) in [4.78, 5) is 1.90. The Morgan fingerprint density at radius 2 is 2.10 bits per heavy atom. The van der Waals surface area contributed by atoms with Gasteiger partial charge in [-0.15, -0.1) is 0 Å². The third-order valence-electron chi connectivity index (χ3n) is 4.31. The van der Waals surface area contributed by atoms with Crippen LogP contribution in [0.1, 0.15) is 30.4 Å². The Morgan fingerprint density at radius 1 is 1.29 bits per heavy atom. The number of ether oxygens (including phenoxy) is 1. The minimum absolute atomic E-state index is 0.0784. The summed E-state index contributed by atoms with van der Waals surface area (Å²) < 4.78 is 45.9. The molecule has 0 aromatic heterocycles. The monoisotopic (exact) mass is 363 g/mol. The zero-order chi connectivity index (χ0) is 15.0. The van der Waals surface area contributed by atoms with Gasteiger partial charge in [-0.3, -0.25) is 0 Å². The second-order valence-electron chi connectivity index (χ2n) is 5.58. The minimum atomic E-state index is -4.33. The molecule has 21 heavy (non-hydrogen) atoms. The second kappa shape index (κ2) is 5.80. The van der Waals surface area contributed by atoms with Crippen molar-refractivity contribution >= 4 is 21.6 Å². The van der Waals surface area contributed by atoms with E-state index in [1.54, 1.807) is 12.1 Å². The highest BCUT2D eigenvalue weighted by Gasteiger charge is 2.41. The summed E-state index contributed by atoms with van der Waals surface area (Å²) in [5.74, 6) is 0. The van der Waals surface area contributed by atoms with Gasteiger partial charge < -0.3 is 9.64 Å². The van der Waals surface area contributed by atoms with Gasteiger partial charge in [0.1, 0.15) is 0 Å². The summed E-state index contributed by atoms with van der Waals surface area (Å²) in [7, 11) is 0. The first kappa shape index (κ1) is 15.2. The van der Waals surface area contributed by atoms with Crippen LogP contribution in [0.15, 0.2) is 18.2 Å². The van der Waals surface area contributed by atoms with Crippen molar-refractivity contribution in [2.24, 2.45) is 0 Å². The minimum Gasteiger partial charge on any atom is -0.374 e. The van der Waals surface area contributed by atoms with E-state index in [0.29, 0.717) is 29.7 Å². The highest BCUT2D eigenvalue weighted by atomic mass is 79.9. The summed E-state index contributed by atoms with van der Waals surface area (Å²) in [5.41, 5.74) is 0.404. The van der Waals surface area contributed by atoms with Crippen molar-refractivity contribution in [1.29, 1.82) is 0 Å². The van der Waals surface area contributed by atoms with Crippen LogP contribution in [-0.4, -0.2) is 25.3 Å². The first-order chi connectivity index (χ1) is 10.0. The summed E-state index contributed by atoms with van der Waals surface area (Å²) in [5, 5.41) is 0.422. The van der Waals surface area contributed by atoms with Crippen LogP contribution in [0.5, 0.6) is 0 Å². The van der Waals surface area contributed by atoms with E-state index in [1.807, 2.05) is 4.90 Å². The predicted molar refractivity (Wildman–Crippen MR) is 78.8 cm³/mol.